The first-order valence-electron chi connectivity index (χ1n) is 4.26. The summed E-state index contributed by atoms with van der Waals surface area (Å²) in [7, 11) is 0. The maximum Gasteiger partial charge on any atom is 0.233 e. The number of benzene rings is 1. The van der Waals surface area contributed by atoms with Gasteiger partial charge in [-0.2, -0.15) is 4.98 Å². The van der Waals surface area contributed by atoms with Crippen molar-refractivity contribution in [2.75, 3.05) is 0 Å². The average molecular weight is 239 g/mol. The van der Waals surface area contributed by atoms with Gasteiger partial charge in [0.15, 0.2) is 0 Å². The quantitative estimate of drug-likeness (QED) is 0.443. The number of aromatic nitrogens is 2. The lowest BCUT2D eigenvalue weighted by Gasteiger charge is -1.92. The monoisotopic (exact) mass is 238 g/mol. The fourth-order valence-corrected chi connectivity index (χ4v) is 2.02. The molecule has 0 spiro atoms. The first-order chi connectivity index (χ1) is 7.25. The van der Waals surface area contributed by atoms with E-state index in [1.54, 1.807) is 0 Å². The Morgan fingerprint density at radius 3 is 2.73 bits per heavy atom. The van der Waals surface area contributed by atoms with Crippen LogP contribution in [0, 0.1) is 0 Å². The first-order valence-corrected chi connectivity index (χ1v) is 5.01. The Hall–Kier alpha value is -1.32. The summed E-state index contributed by atoms with van der Waals surface area (Å²) in [5.41, 5.74) is 1.15. The van der Waals surface area contributed by atoms with E-state index in [9.17, 15) is 0 Å². The fraction of sp³-hybridized carbons (Fsp3) is 0. The van der Waals surface area contributed by atoms with Crippen molar-refractivity contribution in [2.45, 2.75) is 0 Å². The Kier molecular flexibility index (Phi) is 1.84. The molecule has 1 aromatic carbocycles. The van der Waals surface area contributed by atoms with Crippen LogP contribution in [0.25, 0.3) is 22.1 Å². The van der Waals surface area contributed by atoms with Crippen LogP contribution in [-0.2, 0) is 0 Å². The van der Waals surface area contributed by atoms with Gasteiger partial charge in [0, 0.05) is 5.39 Å². The molecule has 0 N–H and O–H groups in total. The summed E-state index contributed by atoms with van der Waals surface area (Å²) in [6.07, 6.45) is 0. The number of furan rings is 1. The van der Waals surface area contributed by atoms with Crippen LogP contribution in [0.4, 0.5) is 0 Å². The topological polar surface area (TPSA) is 38.9 Å². The van der Waals surface area contributed by atoms with Crippen LogP contribution in [0.5, 0.6) is 0 Å². The summed E-state index contributed by atoms with van der Waals surface area (Å²) in [5.74, 6) is 0. The fourth-order valence-electron chi connectivity index (χ4n) is 1.56. The molecule has 2 aromatic heterocycles. The lowest BCUT2D eigenvalue weighted by molar-refractivity contribution is 0.653. The number of halogens is 2. The zero-order valence-electron chi connectivity index (χ0n) is 7.37. The van der Waals surface area contributed by atoms with Gasteiger partial charge in [-0.3, -0.25) is 0 Å². The number of fused-ring (bicyclic) bond motifs is 3. The third-order valence-electron chi connectivity index (χ3n) is 2.17. The highest BCUT2D eigenvalue weighted by Gasteiger charge is 2.12. The average Bonchev–Trinajstić information content (AvgIpc) is 2.54. The van der Waals surface area contributed by atoms with Crippen LogP contribution in [0.2, 0.25) is 10.4 Å². The Bertz CT molecular complexity index is 663. The molecule has 0 saturated carbocycles. The zero-order chi connectivity index (χ0) is 10.4. The second kappa shape index (κ2) is 3.08. The Morgan fingerprint density at radius 1 is 1.07 bits per heavy atom. The van der Waals surface area contributed by atoms with Crippen molar-refractivity contribution >= 4 is 45.3 Å². The van der Waals surface area contributed by atoms with Crippen LogP contribution >= 0.6 is 23.2 Å². The molecule has 5 heteroatoms. The molecule has 3 nitrogen and oxygen atoms in total. The molecule has 2 heterocycles. The van der Waals surface area contributed by atoms with E-state index in [1.165, 1.54) is 0 Å². The van der Waals surface area contributed by atoms with Gasteiger partial charge in [-0.1, -0.05) is 29.8 Å². The zero-order valence-corrected chi connectivity index (χ0v) is 8.88. The largest absolute Gasteiger partial charge is 0.437 e. The molecule has 0 unspecified atom stereocenters. The van der Waals surface area contributed by atoms with Gasteiger partial charge in [0.25, 0.3) is 0 Å². The molecule has 15 heavy (non-hydrogen) atoms. The van der Waals surface area contributed by atoms with Gasteiger partial charge < -0.3 is 4.42 Å². The van der Waals surface area contributed by atoms with Gasteiger partial charge in [-0.25, -0.2) is 4.98 Å². The molecule has 74 valence electrons. The van der Waals surface area contributed by atoms with E-state index in [2.05, 4.69) is 9.97 Å². The summed E-state index contributed by atoms with van der Waals surface area (Å²) in [4.78, 5) is 7.86. The van der Waals surface area contributed by atoms with Crippen molar-refractivity contribution in [1.82, 2.24) is 9.97 Å². The number of para-hydroxylation sites is 1. The third-order valence-corrected chi connectivity index (χ3v) is 2.61. The first kappa shape index (κ1) is 8.95. The molecule has 0 amide bonds. The Balaban J connectivity index is 2.61. The van der Waals surface area contributed by atoms with Crippen molar-refractivity contribution in [3.63, 3.8) is 0 Å². The summed E-state index contributed by atoms with van der Waals surface area (Å²) in [6, 6.07) is 7.54. The van der Waals surface area contributed by atoms with Gasteiger partial charge >= 0.3 is 0 Å². The number of nitrogens with zero attached hydrogens (tertiary/aromatic N) is 2. The van der Waals surface area contributed by atoms with Crippen LogP contribution in [0.3, 0.4) is 0 Å². The molecule has 0 bridgehead atoms. The highest BCUT2D eigenvalue weighted by atomic mass is 35.5. The number of rotatable bonds is 0. The minimum absolute atomic E-state index is 0.0894. The van der Waals surface area contributed by atoms with Gasteiger partial charge in [0.2, 0.25) is 11.0 Å². The second-order valence-electron chi connectivity index (χ2n) is 3.06. The highest BCUT2D eigenvalue weighted by Crippen LogP contribution is 2.32. The van der Waals surface area contributed by atoms with E-state index < -0.39 is 0 Å². The van der Waals surface area contributed by atoms with Gasteiger partial charge in [0.1, 0.15) is 10.7 Å². The summed E-state index contributed by atoms with van der Waals surface area (Å²) < 4.78 is 5.49. The van der Waals surface area contributed by atoms with Crippen molar-refractivity contribution < 1.29 is 4.42 Å². The molecule has 0 aliphatic carbocycles. The predicted molar refractivity (Wildman–Crippen MR) is 59.3 cm³/mol. The molecule has 0 aliphatic heterocycles. The maximum atomic E-state index is 5.99. The van der Waals surface area contributed by atoms with Crippen molar-refractivity contribution in [3.05, 3.63) is 34.7 Å². The lowest BCUT2D eigenvalue weighted by Crippen LogP contribution is -1.82. The molecule has 3 aromatic rings. The summed E-state index contributed by atoms with van der Waals surface area (Å²) in [6.45, 7) is 0. The second-order valence-corrected chi connectivity index (χ2v) is 3.76. The molecule has 0 saturated heterocycles. The predicted octanol–water partition coefficient (Wildman–Crippen LogP) is 3.68. The minimum atomic E-state index is 0.0894. The van der Waals surface area contributed by atoms with Crippen LogP contribution in [0.15, 0.2) is 28.7 Å². The summed E-state index contributed by atoms with van der Waals surface area (Å²) >= 11 is 11.7. The standard InChI is InChI=1S/C10H4Cl2N2O/c11-8-7-5-3-1-2-4-6(5)15-9(7)14-10(12)13-8/h1-4H. The molecule has 3 rings (SSSR count). The lowest BCUT2D eigenvalue weighted by atomic mass is 10.2. The van der Waals surface area contributed by atoms with E-state index in [1.807, 2.05) is 24.3 Å². The van der Waals surface area contributed by atoms with Crippen molar-refractivity contribution in [3.8, 4) is 0 Å². The smallest absolute Gasteiger partial charge is 0.233 e. The molecule has 0 radical (unpaired) electrons. The SMILES string of the molecule is Clc1nc(Cl)c2c(n1)oc1ccccc12. The molecular formula is C10H4Cl2N2O. The van der Waals surface area contributed by atoms with Crippen LogP contribution in [-0.4, -0.2) is 9.97 Å². The van der Waals surface area contributed by atoms with Gasteiger partial charge in [-0.05, 0) is 17.7 Å². The normalized spacial score (nSPS) is 11.3. The maximum absolute atomic E-state index is 5.99. The molecule has 0 aliphatic rings. The van der Waals surface area contributed by atoms with Crippen molar-refractivity contribution in [2.24, 2.45) is 0 Å². The van der Waals surface area contributed by atoms with Crippen LogP contribution in [0.1, 0.15) is 0 Å². The van der Waals surface area contributed by atoms with E-state index in [0.717, 1.165) is 11.0 Å². The van der Waals surface area contributed by atoms with E-state index in [4.69, 9.17) is 27.6 Å². The van der Waals surface area contributed by atoms with E-state index >= 15 is 0 Å². The number of hydrogen-bond donors (Lipinski definition) is 0. The van der Waals surface area contributed by atoms with E-state index in [0.29, 0.717) is 16.3 Å². The van der Waals surface area contributed by atoms with Crippen molar-refractivity contribution in [1.29, 1.82) is 0 Å². The third kappa shape index (κ3) is 1.28. The molecular weight excluding hydrogens is 235 g/mol. The molecule has 0 fully saturated rings. The highest BCUT2D eigenvalue weighted by molar-refractivity contribution is 6.37. The van der Waals surface area contributed by atoms with Gasteiger partial charge in [0.05, 0.1) is 5.39 Å². The molecule has 0 atom stereocenters. The van der Waals surface area contributed by atoms with E-state index in [-0.39, 0.29) is 5.28 Å². The van der Waals surface area contributed by atoms with Crippen LogP contribution < -0.4 is 0 Å². The minimum Gasteiger partial charge on any atom is -0.437 e. The Labute approximate surface area is 94.6 Å². The Morgan fingerprint density at radius 2 is 1.87 bits per heavy atom. The number of hydrogen-bond acceptors (Lipinski definition) is 3. The summed E-state index contributed by atoms with van der Waals surface area (Å²) in [5, 5.41) is 2.01. The van der Waals surface area contributed by atoms with Gasteiger partial charge in [-0.15, -0.1) is 0 Å².